The van der Waals surface area contributed by atoms with Crippen molar-refractivity contribution in [2.75, 3.05) is 16.9 Å². The average Bonchev–Trinajstić information content (AvgIpc) is 3.14. The van der Waals surface area contributed by atoms with E-state index in [9.17, 15) is 9.59 Å². The van der Waals surface area contributed by atoms with E-state index in [0.29, 0.717) is 16.7 Å². The van der Waals surface area contributed by atoms with Gasteiger partial charge >= 0.3 is 0 Å². The first-order chi connectivity index (χ1) is 13.4. The molecule has 148 valence electrons. The van der Waals surface area contributed by atoms with E-state index in [1.807, 2.05) is 37.3 Å². The summed E-state index contributed by atoms with van der Waals surface area (Å²) in [4.78, 5) is 25.2. The normalized spacial score (nSPS) is 11.0. The number of hydrogen-bond donors (Lipinski definition) is 2. The van der Waals surface area contributed by atoms with Crippen LogP contribution in [0.5, 0.6) is 0 Å². The number of thioether (sulfide) groups is 1. The van der Waals surface area contributed by atoms with Gasteiger partial charge in [0.15, 0.2) is 5.82 Å². The number of aromatic nitrogens is 5. The van der Waals surface area contributed by atoms with Gasteiger partial charge in [-0.1, -0.05) is 36.9 Å². The maximum absolute atomic E-state index is 12.8. The SMILES string of the molecule is CCCc1nnc(SCC(=O)Nc2c(C)n(C)n(-c3ccccc3)c2=O)n1N. The predicted molar refractivity (Wildman–Crippen MR) is 109 cm³/mol. The fourth-order valence-electron chi connectivity index (χ4n) is 2.82. The Kier molecular flexibility index (Phi) is 5.88. The van der Waals surface area contributed by atoms with Crippen LogP contribution in [0.4, 0.5) is 5.69 Å². The van der Waals surface area contributed by atoms with Gasteiger partial charge in [0.2, 0.25) is 11.1 Å². The summed E-state index contributed by atoms with van der Waals surface area (Å²) in [5.74, 6) is 6.38. The zero-order valence-corrected chi connectivity index (χ0v) is 16.9. The van der Waals surface area contributed by atoms with E-state index < -0.39 is 0 Å². The Morgan fingerprint density at radius 2 is 1.96 bits per heavy atom. The quantitative estimate of drug-likeness (QED) is 0.458. The summed E-state index contributed by atoms with van der Waals surface area (Å²) < 4.78 is 4.64. The minimum absolute atomic E-state index is 0.0700. The Morgan fingerprint density at radius 1 is 1.25 bits per heavy atom. The molecule has 0 atom stereocenters. The lowest BCUT2D eigenvalue weighted by atomic mass is 10.3. The summed E-state index contributed by atoms with van der Waals surface area (Å²) >= 11 is 1.18. The second-order valence-electron chi connectivity index (χ2n) is 6.29. The molecular weight excluding hydrogens is 378 g/mol. The molecule has 0 aliphatic rings. The van der Waals surface area contributed by atoms with Gasteiger partial charge in [0.05, 0.1) is 17.1 Å². The van der Waals surface area contributed by atoms with Crippen LogP contribution in [0.15, 0.2) is 40.3 Å². The number of anilines is 1. The van der Waals surface area contributed by atoms with Crippen LogP contribution < -0.4 is 16.7 Å². The number of nitrogen functional groups attached to an aromatic ring is 1. The van der Waals surface area contributed by atoms with Crippen LogP contribution in [0.25, 0.3) is 5.69 Å². The average molecular weight is 401 g/mol. The molecule has 1 aromatic carbocycles. The van der Waals surface area contributed by atoms with E-state index >= 15 is 0 Å². The smallest absolute Gasteiger partial charge is 0.295 e. The molecule has 2 aromatic heterocycles. The third kappa shape index (κ3) is 3.81. The van der Waals surface area contributed by atoms with Crippen LogP contribution in [-0.2, 0) is 18.3 Å². The van der Waals surface area contributed by atoms with E-state index in [2.05, 4.69) is 15.5 Å². The van der Waals surface area contributed by atoms with Crippen molar-refractivity contribution >= 4 is 23.4 Å². The maximum Gasteiger partial charge on any atom is 0.295 e. The summed E-state index contributed by atoms with van der Waals surface area (Å²) in [6, 6.07) is 9.27. The zero-order valence-electron chi connectivity index (χ0n) is 16.0. The van der Waals surface area contributed by atoms with Crippen LogP contribution in [-0.4, -0.2) is 35.9 Å². The fraction of sp³-hybridized carbons (Fsp3) is 0.333. The molecule has 0 saturated heterocycles. The minimum atomic E-state index is -0.309. The molecule has 3 aromatic rings. The van der Waals surface area contributed by atoms with Gasteiger partial charge in [-0.05, 0) is 25.5 Å². The highest BCUT2D eigenvalue weighted by Crippen LogP contribution is 2.17. The number of carbonyl (C=O) groups is 1. The lowest BCUT2D eigenvalue weighted by Gasteiger charge is -2.07. The monoisotopic (exact) mass is 401 g/mol. The number of nitrogens with zero attached hydrogens (tertiary/aromatic N) is 5. The molecule has 0 radical (unpaired) electrons. The molecule has 0 aliphatic heterocycles. The number of amides is 1. The Bertz CT molecular complexity index is 1040. The van der Waals surface area contributed by atoms with Crippen LogP contribution >= 0.6 is 11.8 Å². The first-order valence-corrected chi connectivity index (χ1v) is 9.88. The minimum Gasteiger partial charge on any atom is -0.336 e. The standard InChI is InChI=1S/C18H23N7O2S/c1-4-8-14-21-22-18(24(14)19)28-11-15(26)20-16-12(2)23(3)25(17(16)27)13-9-6-5-7-10-13/h5-7,9-10H,4,8,11,19H2,1-3H3,(H,20,26). The van der Waals surface area contributed by atoms with Gasteiger partial charge in [-0.3, -0.25) is 14.3 Å². The molecule has 2 heterocycles. The van der Waals surface area contributed by atoms with Crippen LogP contribution in [0, 0.1) is 6.92 Å². The molecule has 0 saturated carbocycles. The summed E-state index contributed by atoms with van der Waals surface area (Å²) in [6.45, 7) is 3.82. The van der Waals surface area contributed by atoms with Crippen LogP contribution in [0.3, 0.4) is 0 Å². The first-order valence-electron chi connectivity index (χ1n) is 8.90. The van der Waals surface area contributed by atoms with Crippen molar-refractivity contribution in [2.24, 2.45) is 7.05 Å². The number of benzene rings is 1. The predicted octanol–water partition coefficient (Wildman–Crippen LogP) is 1.47. The Morgan fingerprint density at radius 3 is 2.64 bits per heavy atom. The molecular formula is C18H23N7O2S. The maximum atomic E-state index is 12.8. The third-order valence-corrected chi connectivity index (χ3v) is 5.30. The highest BCUT2D eigenvalue weighted by atomic mass is 32.2. The number of carbonyl (C=O) groups excluding carboxylic acids is 1. The first kappa shape index (κ1) is 19.7. The van der Waals surface area contributed by atoms with Crippen molar-refractivity contribution in [1.29, 1.82) is 0 Å². The summed E-state index contributed by atoms with van der Waals surface area (Å²) in [5.41, 5.74) is 1.38. The van der Waals surface area contributed by atoms with Crippen molar-refractivity contribution in [1.82, 2.24) is 24.2 Å². The summed E-state index contributed by atoms with van der Waals surface area (Å²) in [6.07, 6.45) is 1.62. The molecule has 10 heteroatoms. The highest BCUT2D eigenvalue weighted by Gasteiger charge is 2.19. The molecule has 0 fully saturated rings. The third-order valence-electron chi connectivity index (χ3n) is 4.36. The van der Waals surface area contributed by atoms with Crippen molar-refractivity contribution in [3.8, 4) is 5.69 Å². The van der Waals surface area contributed by atoms with Crippen LogP contribution in [0.2, 0.25) is 0 Å². The molecule has 0 unspecified atom stereocenters. The summed E-state index contributed by atoms with van der Waals surface area (Å²) in [7, 11) is 1.78. The van der Waals surface area contributed by atoms with E-state index in [4.69, 9.17) is 5.84 Å². The number of nitrogens with two attached hydrogens (primary N) is 1. The lowest BCUT2D eigenvalue weighted by Crippen LogP contribution is -2.23. The molecule has 1 amide bonds. The largest absolute Gasteiger partial charge is 0.336 e. The van der Waals surface area contributed by atoms with Crippen molar-refractivity contribution in [3.63, 3.8) is 0 Å². The Hall–Kier alpha value is -3.01. The zero-order chi connectivity index (χ0) is 20.3. The number of para-hydroxylation sites is 1. The molecule has 3 N–H and O–H groups in total. The second kappa shape index (κ2) is 8.34. The van der Waals surface area contributed by atoms with Crippen molar-refractivity contribution in [2.45, 2.75) is 31.8 Å². The Labute approximate surface area is 166 Å². The molecule has 9 nitrogen and oxygen atoms in total. The fourth-order valence-corrected chi connectivity index (χ4v) is 3.49. The van der Waals surface area contributed by atoms with E-state index in [-0.39, 0.29) is 22.9 Å². The van der Waals surface area contributed by atoms with Gasteiger partial charge in [-0.2, -0.15) is 0 Å². The lowest BCUT2D eigenvalue weighted by molar-refractivity contribution is -0.113. The second-order valence-corrected chi connectivity index (χ2v) is 7.23. The summed E-state index contributed by atoms with van der Waals surface area (Å²) in [5, 5.41) is 11.2. The van der Waals surface area contributed by atoms with E-state index in [1.54, 1.807) is 18.7 Å². The van der Waals surface area contributed by atoms with Gasteiger partial charge in [-0.15, -0.1) is 10.2 Å². The molecule has 0 aliphatic carbocycles. The van der Waals surface area contributed by atoms with Crippen molar-refractivity contribution in [3.05, 3.63) is 52.2 Å². The molecule has 28 heavy (non-hydrogen) atoms. The van der Waals surface area contributed by atoms with Gasteiger partial charge in [0.25, 0.3) is 5.56 Å². The van der Waals surface area contributed by atoms with Gasteiger partial charge in [0, 0.05) is 13.5 Å². The van der Waals surface area contributed by atoms with Gasteiger partial charge in [0.1, 0.15) is 5.69 Å². The molecule has 0 spiro atoms. The number of hydrogen-bond acceptors (Lipinski definition) is 6. The van der Waals surface area contributed by atoms with E-state index in [1.165, 1.54) is 21.1 Å². The number of aryl methyl sites for hydroxylation is 1. The van der Waals surface area contributed by atoms with Crippen molar-refractivity contribution < 1.29 is 4.79 Å². The van der Waals surface area contributed by atoms with Gasteiger partial charge < -0.3 is 11.2 Å². The number of rotatable bonds is 7. The highest BCUT2D eigenvalue weighted by molar-refractivity contribution is 7.99. The van der Waals surface area contributed by atoms with E-state index in [0.717, 1.165) is 18.5 Å². The van der Waals surface area contributed by atoms with Gasteiger partial charge in [-0.25, -0.2) is 9.36 Å². The number of nitrogens with one attached hydrogen (secondary N) is 1. The topological polar surface area (TPSA) is 113 Å². The molecule has 3 rings (SSSR count). The Balaban J connectivity index is 1.74. The van der Waals surface area contributed by atoms with Crippen LogP contribution in [0.1, 0.15) is 24.9 Å². The molecule has 0 bridgehead atoms.